The molecule has 3 rings (SSSR count). The van der Waals surface area contributed by atoms with E-state index in [0.717, 1.165) is 15.6 Å². The summed E-state index contributed by atoms with van der Waals surface area (Å²) in [5.41, 5.74) is 1.31. The molecule has 0 aliphatic rings. The van der Waals surface area contributed by atoms with Crippen LogP contribution < -0.4 is 4.73 Å². The van der Waals surface area contributed by atoms with Gasteiger partial charge in [-0.05, 0) is 19.9 Å². The molecule has 3 aromatic rings. The first-order valence-electron chi connectivity index (χ1n) is 8.92. The highest BCUT2D eigenvalue weighted by Gasteiger charge is 2.25. The number of ether oxygens (including phenoxy) is 2. The average Bonchev–Trinajstić information content (AvgIpc) is 2.90. The minimum absolute atomic E-state index is 0.0366. The molecular formula is C19H25N3O5S. The standard InChI is InChI=1S/C19H25N3O5S/c1-19(2,27-9-10-28(4,24)25)13-21-17(12-26-3)20-15-11-22(23)16-8-6-5-7-14(16)18(15)21/h5-8,11H,9-10,12-13H2,1-4H3. The largest absolute Gasteiger partial charge is 0.618 e. The number of aromatic nitrogens is 3. The molecule has 0 saturated heterocycles. The molecule has 0 radical (unpaired) electrons. The van der Waals surface area contributed by atoms with Crippen LogP contribution in [0.2, 0.25) is 0 Å². The number of nitrogens with zero attached hydrogens (tertiary/aromatic N) is 3. The summed E-state index contributed by atoms with van der Waals surface area (Å²) in [7, 11) is -1.51. The third-order valence-electron chi connectivity index (χ3n) is 4.47. The lowest BCUT2D eigenvalue weighted by molar-refractivity contribution is -0.575. The highest BCUT2D eigenvalue weighted by atomic mass is 32.2. The van der Waals surface area contributed by atoms with Gasteiger partial charge in [-0.15, -0.1) is 0 Å². The first-order valence-corrected chi connectivity index (χ1v) is 11.0. The number of fused-ring (bicyclic) bond motifs is 3. The van der Waals surface area contributed by atoms with E-state index in [4.69, 9.17) is 9.47 Å². The van der Waals surface area contributed by atoms with Crippen LogP contribution in [0.5, 0.6) is 0 Å². The van der Waals surface area contributed by atoms with Gasteiger partial charge in [0.2, 0.25) is 11.7 Å². The number of para-hydroxylation sites is 1. The Morgan fingerprint density at radius 2 is 2.00 bits per heavy atom. The molecule has 1 aromatic carbocycles. The van der Waals surface area contributed by atoms with Crippen molar-refractivity contribution in [2.45, 2.75) is 32.6 Å². The second-order valence-electron chi connectivity index (χ2n) is 7.49. The molecule has 0 atom stereocenters. The molecule has 9 heteroatoms. The molecule has 8 nitrogen and oxygen atoms in total. The quantitative estimate of drug-likeness (QED) is 0.417. The number of pyridine rings is 1. The Balaban J connectivity index is 2.05. The van der Waals surface area contributed by atoms with Gasteiger partial charge in [-0.3, -0.25) is 0 Å². The lowest BCUT2D eigenvalue weighted by Gasteiger charge is -2.27. The smallest absolute Gasteiger partial charge is 0.226 e. The van der Waals surface area contributed by atoms with Gasteiger partial charge in [-0.1, -0.05) is 12.1 Å². The maximum Gasteiger partial charge on any atom is 0.226 e. The number of methoxy groups -OCH3 is 1. The van der Waals surface area contributed by atoms with Crippen LogP contribution in [0, 0.1) is 5.21 Å². The third-order valence-corrected chi connectivity index (χ3v) is 5.38. The summed E-state index contributed by atoms with van der Waals surface area (Å²) in [6.07, 6.45) is 2.65. The molecule has 0 N–H and O–H groups in total. The molecule has 0 bridgehead atoms. The number of hydrogen-bond donors (Lipinski definition) is 0. The van der Waals surface area contributed by atoms with Gasteiger partial charge < -0.3 is 19.2 Å². The van der Waals surface area contributed by atoms with Crippen LogP contribution in [0.25, 0.3) is 21.9 Å². The molecule has 0 amide bonds. The summed E-state index contributed by atoms with van der Waals surface area (Å²) in [5, 5.41) is 13.1. The minimum Gasteiger partial charge on any atom is -0.618 e. The SMILES string of the molecule is COCc1nc2c[n+]([O-])c3ccccc3c2n1CC(C)(C)OCCS(C)(=O)=O. The molecule has 0 aliphatic carbocycles. The van der Waals surface area contributed by atoms with Crippen LogP contribution in [0.1, 0.15) is 19.7 Å². The van der Waals surface area contributed by atoms with Crippen LogP contribution in [0.15, 0.2) is 30.5 Å². The van der Waals surface area contributed by atoms with Gasteiger partial charge in [0.1, 0.15) is 22.3 Å². The maximum atomic E-state index is 12.3. The summed E-state index contributed by atoms with van der Waals surface area (Å²) in [5.74, 6) is 0.638. The highest BCUT2D eigenvalue weighted by molar-refractivity contribution is 7.90. The van der Waals surface area contributed by atoms with Crippen molar-refractivity contribution >= 4 is 31.8 Å². The molecule has 0 saturated carbocycles. The number of sulfone groups is 1. The van der Waals surface area contributed by atoms with E-state index in [1.807, 2.05) is 36.6 Å². The number of benzene rings is 1. The average molecular weight is 407 g/mol. The van der Waals surface area contributed by atoms with Crippen LogP contribution >= 0.6 is 0 Å². The monoisotopic (exact) mass is 407 g/mol. The van der Waals surface area contributed by atoms with E-state index in [9.17, 15) is 13.6 Å². The normalized spacial score (nSPS) is 12.9. The van der Waals surface area contributed by atoms with Crippen LogP contribution in [0.3, 0.4) is 0 Å². The molecular weight excluding hydrogens is 382 g/mol. The predicted octanol–water partition coefficient (Wildman–Crippen LogP) is 1.81. The third kappa shape index (κ3) is 4.43. The van der Waals surface area contributed by atoms with Gasteiger partial charge in [0.25, 0.3) is 0 Å². The lowest BCUT2D eigenvalue weighted by Crippen LogP contribution is -2.33. The van der Waals surface area contributed by atoms with Gasteiger partial charge >= 0.3 is 0 Å². The maximum absolute atomic E-state index is 12.3. The van der Waals surface area contributed by atoms with Crippen molar-refractivity contribution in [3.05, 3.63) is 41.5 Å². The van der Waals surface area contributed by atoms with E-state index in [1.165, 1.54) is 12.5 Å². The molecule has 2 heterocycles. The van der Waals surface area contributed by atoms with Gasteiger partial charge in [0, 0.05) is 19.4 Å². The first kappa shape index (κ1) is 20.5. The summed E-state index contributed by atoms with van der Waals surface area (Å²) in [6, 6.07) is 7.35. The highest BCUT2D eigenvalue weighted by Crippen LogP contribution is 2.26. The summed E-state index contributed by atoms with van der Waals surface area (Å²) < 4.78 is 36.7. The summed E-state index contributed by atoms with van der Waals surface area (Å²) in [6.45, 7) is 4.62. The van der Waals surface area contributed by atoms with E-state index in [-0.39, 0.29) is 19.0 Å². The minimum atomic E-state index is -3.10. The number of hydrogen-bond acceptors (Lipinski definition) is 6. The second-order valence-corrected chi connectivity index (χ2v) is 9.75. The van der Waals surface area contributed by atoms with Crippen LogP contribution in [0.4, 0.5) is 0 Å². The van der Waals surface area contributed by atoms with Crippen molar-refractivity contribution in [1.82, 2.24) is 9.55 Å². The Morgan fingerprint density at radius 3 is 2.68 bits per heavy atom. The van der Waals surface area contributed by atoms with Crippen molar-refractivity contribution in [2.24, 2.45) is 0 Å². The fourth-order valence-corrected chi connectivity index (χ4v) is 3.63. The number of imidazole rings is 1. The lowest BCUT2D eigenvalue weighted by atomic mass is 10.1. The Bertz CT molecular complexity index is 1110. The van der Waals surface area contributed by atoms with Gasteiger partial charge in [-0.25, -0.2) is 13.4 Å². The zero-order valence-electron chi connectivity index (χ0n) is 16.5. The van der Waals surface area contributed by atoms with E-state index in [0.29, 0.717) is 23.4 Å². The summed E-state index contributed by atoms with van der Waals surface area (Å²) >= 11 is 0. The van der Waals surface area contributed by atoms with Crippen LogP contribution in [-0.2, 0) is 32.5 Å². The predicted molar refractivity (Wildman–Crippen MR) is 107 cm³/mol. The van der Waals surface area contributed by atoms with Crippen molar-refractivity contribution in [2.75, 3.05) is 25.7 Å². The fourth-order valence-electron chi connectivity index (χ4n) is 3.25. The molecule has 0 spiro atoms. The zero-order valence-corrected chi connectivity index (χ0v) is 17.3. The van der Waals surface area contributed by atoms with Gasteiger partial charge in [0.15, 0.2) is 5.52 Å². The van der Waals surface area contributed by atoms with E-state index >= 15 is 0 Å². The van der Waals surface area contributed by atoms with E-state index in [2.05, 4.69) is 4.98 Å². The topological polar surface area (TPSA) is 97.4 Å². The second kappa shape index (κ2) is 7.65. The van der Waals surface area contributed by atoms with E-state index in [1.54, 1.807) is 13.2 Å². The van der Waals surface area contributed by atoms with Gasteiger partial charge in [-0.2, -0.15) is 4.73 Å². The fraction of sp³-hybridized carbons (Fsp3) is 0.474. The van der Waals surface area contributed by atoms with Crippen LogP contribution in [-0.4, -0.2) is 49.3 Å². The van der Waals surface area contributed by atoms with Crippen molar-refractivity contribution in [3.8, 4) is 0 Å². The molecule has 0 fully saturated rings. The van der Waals surface area contributed by atoms with Crippen molar-refractivity contribution < 1.29 is 22.6 Å². The Morgan fingerprint density at radius 1 is 1.29 bits per heavy atom. The Hall–Kier alpha value is -2.23. The van der Waals surface area contributed by atoms with E-state index < -0.39 is 15.4 Å². The molecule has 0 aliphatic heterocycles. The Kier molecular flexibility index (Phi) is 5.60. The van der Waals surface area contributed by atoms with Crippen molar-refractivity contribution in [3.63, 3.8) is 0 Å². The molecule has 0 unspecified atom stereocenters. The molecule has 152 valence electrons. The molecule has 28 heavy (non-hydrogen) atoms. The van der Waals surface area contributed by atoms with Crippen molar-refractivity contribution in [1.29, 1.82) is 0 Å². The number of rotatable bonds is 8. The zero-order chi connectivity index (χ0) is 20.5. The first-order chi connectivity index (χ1) is 13.1. The molecule has 2 aromatic heterocycles. The Labute approximate surface area is 164 Å². The summed E-state index contributed by atoms with van der Waals surface area (Å²) in [4.78, 5) is 4.58. The van der Waals surface area contributed by atoms with Gasteiger partial charge in [0.05, 0.1) is 35.4 Å².